The summed E-state index contributed by atoms with van der Waals surface area (Å²) >= 11 is 0. The standard InChI is InChI=1S/C62H110O6/c1-4-7-10-13-16-19-22-25-27-28-29-30-31-32-33-34-36-37-40-43-46-49-52-55-61(64)67-58-59(57-66-60(63)54-51-48-45-42-39-24-21-18-15-12-9-6-3)68-62(65)56-53-50-47-44-41-38-35-26-23-20-17-14-11-8-5-2/h18,21-22,25-26,28-29,31-32,35,59H,4-17,19-20,23-24,27,30,33-34,36-58H2,1-3H3/b21-18-,25-22-,29-28-,32-31-,35-26-. The van der Waals surface area contributed by atoms with Crippen LogP contribution < -0.4 is 0 Å². The van der Waals surface area contributed by atoms with Gasteiger partial charge in [0.25, 0.3) is 0 Å². The lowest BCUT2D eigenvalue weighted by atomic mass is 10.1. The van der Waals surface area contributed by atoms with Crippen LogP contribution in [0.5, 0.6) is 0 Å². The summed E-state index contributed by atoms with van der Waals surface area (Å²) in [6.45, 7) is 6.60. The molecule has 0 aliphatic heterocycles. The Hall–Kier alpha value is -2.89. The van der Waals surface area contributed by atoms with E-state index in [0.29, 0.717) is 19.3 Å². The molecule has 0 spiro atoms. The maximum absolute atomic E-state index is 12.8. The third kappa shape index (κ3) is 54.1. The van der Waals surface area contributed by atoms with Crippen molar-refractivity contribution in [2.75, 3.05) is 13.2 Å². The van der Waals surface area contributed by atoms with Gasteiger partial charge in [0.1, 0.15) is 13.2 Å². The molecule has 0 aliphatic carbocycles. The van der Waals surface area contributed by atoms with Crippen LogP contribution in [0.2, 0.25) is 0 Å². The summed E-state index contributed by atoms with van der Waals surface area (Å²) in [5.41, 5.74) is 0. The van der Waals surface area contributed by atoms with Crippen molar-refractivity contribution in [2.45, 2.75) is 303 Å². The van der Waals surface area contributed by atoms with Gasteiger partial charge in [-0.25, -0.2) is 0 Å². The second kappa shape index (κ2) is 56.7. The fourth-order valence-electron chi connectivity index (χ4n) is 8.26. The smallest absolute Gasteiger partial charge is 0.306 e. The highest BCUT2D eigenvalue weighted by Crippen LogP contribution is 2.15. The van der Waals surface area contributed by atoms with Gasteiger partial charge in [-0.1, -0.05) is 229 Å². The van der Waals surface area contributed by atoms with Crippen LogP contribution in [0.3, 0.4) is 0 Å². The first-order valence-electron chi connectivity index (χ1n) is 29.3. The van der Waals surface area contributed by atoms with Gasteiger partial charge in [0.15, 0.2) is 6.10 Å². The molecule has 6 heteroatoms. The molecule has 1 unspecified atom stereocenters. The molecule has 1 atom stereocenters. The van der Waals surface area contributed by atoms with Crippen LogP contribution in [-0.4, -0.2) is 37.2 Å². The molecular formula is C62H110O6. The number of carbonyl (C=O) groups is 3. The summed E-state index contributed by atoms with van der Waals surface area (Å²) < 4.78 is 16.8. The van der Waals surface area contributed by atoms with E-state index in [1.54, 1.807) is 0 Å². The fraction of sp³-hybridized carbons (Fsp3) is 0.790. The molecule has 0 aromatic carbocycles. The van der Waals surface area contributed by atoms with Gasteiger partial charge in [0.2, 0.25) is 0 Å². The third-order valence-electron chi connectivity index (χ3n) is 12.7. The zero-order valence-corrected chi connectivity index (χ0v) is 45.1. The molecule has 6 nitrogen and oxygen atoms in total. The monoisotopic (exact) mass is 951 g/mol. The molecule has 0 fully saturated rings. The summed E-state index contributed by atoms with van der Waals surface area (Å²) in [5, 5.41) is 0. The highest BCUT2D eigenvalue weighted by atomic mass is 16.6. The predicted octanol–water partition coefficient (Wildman–Crippen LogP) is 19.6. The molecule has 0 saturated carbocycles. The molecule has 0 aromatic heterocycles. The normalized spacial score (nSPS) is 12.5. The zero-order chi connectivity index (χ0) is 49.3. The third-order valence-corrected chi connectivity index (χ3v) is 12.7. The summed E-state index contributed by atoms with van der Waals surface area (Å²) in [4.78, 5) is 38.1. The number of allylic oxidation sites excluding steroid dienone is 10. The Balaban J connectivity index is 4.33. The Morgan fingerprint density at radius 1 is 0.294 bits per heavy atom. The van der Waals surface area contributed by atoms with E-state index in [1.807, 2.05) is 0 Å². The van der Waals surface area contributed by atoms with E-state index < -0.39 is 6.10 Å². The van der Waals surface area contributed by atoms with Gasteiger partial charge in [-0.2, -0.15) is 0 Å². The van der Waals surface area contributed by atoms with Crippen molar-refractivity contribution in [3.05, 3.63) is 60.8 Å². The molecule has 394 valence electrons. The largest absolute Gasteiger partial charge is 0.462 e. The first-order valence-corrected chi connectivity index (χ1v) is 29.3. The molecule has 0 aliphatic rings. The van der Waals surface area contributed by atoms with Gasteiger partial charge >= 0.3 is 17.9 Å². The zero-order valence-electron chi connectivity index (χ0n) is 45.1. The van der Waals surface area contributed by atoms with Gasteiger partial charge < -0.3 is 14.2 Å². The second-order valence-electron chi connectivity index (χ2n) is 19.5. The van der Waals surface area contributed by atoms with Crippen LogP contribution in [0.1, 0.15) is 297 Å². The number of hydrogen-bond donors (Lipinski definition) is 0. The average molecular weight is 952 g/mol. The lowest BCUT2D eigenvalue weighted by Crippen LogP contribution is -2.30. The second-order valence-corrected chi connectivity index (χ2v) is 19.5. The number of rotatable bonds is 53. The van der Waals surface area contributed by atoms with E-state index in [-0.39, 0.29) is 31.1 Å². The minimum absolute atomic E-state index is 0.0832. The van der Waals surface area contributed by atoms with Crippen LogP contribution in [0.4, 0.5) is 0 Å². The maximum Gasteiger partial charge on any atom is 0.306 e. The van der Waals surface area contributed by atoms with E-state index in [1.165, 1.54) is 161 Å². The molecule has 68 heavy (non-hydrogen) atoms. The molecule has 0 saturated heterocycles. The molecule has 0 rings (SSSR count). The van der Waals surface area contributed by atoms with E-state index in [2.05, 4.69) is 81.5 Å². The van der Waals surface area contributed by atoms with Gasteiger partial charge in [-0.3, -0.25) is 14.4 Å². The summed E-state index contributed by atoms with van der Waals surface area (Å²) in [5.74, 6) is -0.898. The molecule has 0 radical (unpaired) electrons. The van der Waals surface area contributed by atoms with Gasteiger partial charge in [0, 0.05) is 19.3 Å². The van der Waals surface area contributed by atoms with Crippen LogP contribution in [0.25, 0.3) is 0 Å². The van der Waals surface area contributed by atoms with Crippen molar-refractivity contribution in [2.24, 2.45) is 0 Å². The number of carbonyl (C=O) groups excluding carboxylic acids is 3. The number of hydrogen-bond acceptors (Lipinski definition) is 6. The first kappa shape index (κ1) is 65.1. The van der Waals surface area contributed by atoms with Crippen molar-refractivity contribution in [3.63, 3.8) is 0 Å². The Labute approximate surface area is 421 Å². The van der Waals surface area contributed by atoms with Crippen LogP contribution in [0, 0.1) is 0 Å². The Bertz CT molecular complexity index is 1230. The summed E-state index contributed by atoms with van der Waals surface area (Å²) in [6.07, 6.45) is 70.7. The van der Waals surface area contributed by atoms with Crippen molar-refractivity contribution in [3.8, 4) is 0 Å². The molecule has 0 amide bonds. The molecular weight excluding hydrogens is 841 g/mol. The Kier molecular flexibility index (Phi) is 54.3. The topological polar surface area (TPSA) is 78.9 Å². The number of ether oxygens (including phenoxy) is 3. The highest BCUT2D eigenvalue weighted by Gasteiger charge is 2.19. The number of unbranched alkanes of at least 4 members (excludes halogenated alkanes) is 32. The van der Waals surface area contributed by atoms with Crippen molar-refractivity contribution in [1.82, 2.24) is 0 Å². The minimum Gasteiger partial charge on any atom is -0.462 e. The predicted molar refractivity (Wildman–Crippen MR) is 293 cm³/mol. The van der Waals surface area contributed by atoms with Crippen LogP contribution in [-0.2, 0) is 28.6 Å². The van der Waals surface area contributed by atoms with Crippen molar-refractivity contribution < 1.29 is 28.6 Å². The lowest BCUT2D eigenvalue weighted by Gasteiger charge is -2.18. The van der Waals surface area contributed by atoms with Crippen LogP contribution >= 0.6 is 0 Å². The number of esters is 3. The van der Waals surface area contributed by atoms with E-state index >= 15 is 0 Å². The molecule has 0 bridgehead atoms. The van der Waals surface area contributed by atoms with E-state index in [0.717, 1.165) is 96.3 Å². The van der Waals surface area contributed by atoms with Gasteiger partial charge in [0.05, 0.1) is 0 Å². The van der Waals surface area contributed by atoms with E-state index in [9.17, 15) is 14.4 Å². The Morgan fingerprint density at radius 2 is 0.529 bits per heavy atom. The van der Waals surface area contributed by atoms with Crippen LogP contribution in [0.15, 0.2) is 60.8 Å². The fourth-order valence-corrected chi connectivity index (χ4v) is 8.26. The minimum atomic E-state index is -0.784. The molecule has 0 aromatic rings. The molecule has 0 heterocycles. The highest BCUT2D eigenvalue weighted by molar-refractivity contribution is 5.71. The SMILES string of the molecule is CCCCC/C=C\CCCCCCCC(=O)OCC(COC(=O)CCCCCCCCCC/C=C\C/C=C\C/C=C\CCCCCCC)OC(=O)CCCCCCC/C=C\CCCCCCCC. The first-order chi connectivity index (χ1) is 33.5. The maximum atomic E-state index is 12.8. The van der Waals surface area contributed by atoms with Gasteiger partial charge in [-0.15, -0.1) is 0 Å². The summed E-state index contributed by atoms with van der Waals surface area (Å²) in [6, 6.07) is 0. The summed E-state index contributed by atoms with van der Waals surface area (Å²) in [7, 11) is 0. The van der Waals surface area contributed by atoms with Gasteiger partial charge in [-0.05, 0) is 109 Å². The van der Waals surface area contributed by atoms with E-state index in [4.69, 9.17) is 14.2 Å². The molecule has 0 N–H and O–H groups in total. The Morgan fingerprint density at radius 3 is 0.868 bits per heavy atom. The quantitative estimate of drug-likeness (QED) is 0.0262. The average Bonchev–Trinajstić information content (AvgIpc) is 3.34. The lowest BCUT2D eigenvalue weighted by molar-refractivity contribution is -0.167. The van der Waals surface area contributed by atoms with Crippen molar-refractivity contribution >= 4 is 17.9 Å². The van der Waals surface area contributed by atoms with Crippen molar-refractivity contribution in [1.29, 1.82) is 0 Å².